The maximum atomic E-state index is 9.87. The van der Waals surface area contributed by atoms with Crippen molar-refractivity contribution in [1.82, 2.24) is 4.90 Å². The Morgan fingerprint density at radius 2 is 1.71 bits per heavy atom. The number of ether oxygens (including phenoxy) is 1. The predicted octanol–water partition coefficient (Wildman–Crippen LogP) is -0.267. The Balaban J connectivity index is 2.18. The van der Waals surface area contributed by atoms with Crippen LogP contribution in [0.2, 0.25) is 0 Å². The van der Waals surface area contributed by atoms with E-state index in [1.807, 2.05) is 4.90 Å². The second-order valence-corrected chi connectivity index (χ2v) is 5.82. The van der Waals surface area contributed by atoms with Gasteiger partial charge in [-0.3, -0.25) is 4.90 Å². The van der Waals surface area contributed by atoms with Crippen molar-refractivity contribution in [3.8, 4) is 0 Å². The number of likely N-dealkylation sites (tertiary alicyclic amines) is 1. The third-order valence-electron chi connectivity index (χ3n) is 4.05. The number of β-amino-alcohol motifs (C(OH)–C–C–N with tert-alkyl or cyclic N) is 1. The second kappa shape index (κ2) is 10.5. The van der Waals surface area contributed by atoms with Gasteiger partial charge in [0.25, 0.3) is 0 Å². The van der Waals surface area contributed by atoms with Gasteiger partial charge in [0.2, 0.25) is 0 Å². The van der Waals surface area contributed by atoms with Crippen molar-refractivity contribution in [3.63, 3.8) is 0 Å². The topological polar surface area (TPSA) is 93.4 Å². The van der Waals surface area contributed by atoms with Crippen LogP contribution in [0, 0.1) is 0 Å². The summed E-state index contributed by atoms with van der Waals surface area (Å²) in [5, 5.41) is 38.6. The van der Waals surface area contributed by atoms with Gasteiger partial charge in [-0.2, -0.15) is 0 Å². The Morgan fingerprint density at radius 3 is 2.38 bits per heavy atom. The quantitative estimate of drug-likeness (QED) is 0.415. The Kier molecular flexibility index (Phi) is 9.39. The van der Waals surface area contributed by atoms with Gasteiger partial charge in [-0.15, -0.1) is 0 Å². The van der Waals surface area contributed by atoms with Crippen LogP contribution in [-0.2, 0) is 4.74 Å². The molecule has 1 aliphatic heterocycles. The van der Waals surface area contributed by atoms with Gasteiger partial charge >= 0.3 is 0 Å². The SMILES string of the molecule is CCCOCCCCCCN1C[C@@H](O)[C@H](O)[C@H](O)[C@H]1CO. The molecule has 6 heteroatoms. The smallest absolute Gasteiger partial charge is 0.109 e. The summed E-state index contributed by atoms with van der Waals surface area (Å²) in [7, 11) is 0. The van der Waals surface area contributed by atoms with Gasteiger partial charge in [0.15, 0.2) is 0 Å². The molecule has 0 aromatic heterocycles. The van der Waals surface area contributed by atoms with Crippen LogP contribution in [0.3, 0.4) is 0 Å². The first-order valence-electron chi connectivity index (χ1n) is 8.08. The number of piperidine rings is 1. The Morgan fingerprint density at radius 1 is 1.00 bits per heavy atom. The molecule has 21 heavy (non-hydrogen) atoms. The molecular formula is C15H31NO5. The third-order valence-corrected chi connectivity index (χ3v) is 4.05. The lowest BCUT2D eigenvalue weighted by Crippen LogP contribution is -2.62. The lowest BCUT2D eigenvalue weighted by molar-refractivity contribution is -0.145. The van der Waals surface area contributed by atoms with Gasteiger partial charge in [0.05, 0.1) is 18.8 Å². The van der Waals surface area contributed by atoms with E-state index in [1.54, 1.807) is 0 Å². The number of aliphatic hydroxyl groups excluding tert-OH is 4. The normalized spacial score (nSPS) is 30.7. The number of hydrogen-bond donors (Lipinski definition) is 4. The number of rotatable bonds is 10. The fourth-order valence-corrected chi connectivity index (χ4v) is 2.75. The number of unbranched alkanes of at least 4 members (excludes halogenated alkanes) is 3. The van der Waals surface area contributed by atoms with Gasteiger partial charge in [0.1, 0.15) is 12.2 Å². The summed E-state index contributed by atoms with van der Waals surface area (Å²) >= 11 is 0. The summed E-state index contributed by atoms with van der Waals surface area (Å²) in [4.78, 5) is 1.87. The van der Waals surface area contributed by atoms with Crippen LogP contribution in [-0.4, -0.2) is 82.6 Å². The average molecular weight is 305 g/mol. The van der Waals surface area contributed by atoms with Gasteiger partial charge in [-0.1, -0.05) is 19.8 Å². The highest BCUT2D eigenvalue weighted by Gasteiger charge is 2.40. The maximum Gasteiger partial charge on any atom is 0.109 e. The van der Waals surface area contributed by atoms with E-state index in [-0.39, 0.29) is 6.61 Å². The zero-order valence-corrected chi connectivity index (χ0v) is 13.0. The summed E-state index contributed by atoms with van der Waals surface area (Å²) in [5.41, 5.74) is 0. The Hall–Kier alpha value is -0.240. The van der Waals surface area contributed by atoms with E-state index in [1.165, 1.54) is 0 Å². The molecule has 0 radical (unpaired) electrons. The molecule has 1 heterocycles. The maximum absolute atomic E-state index is 9.87. The standard InChI is InChI=1S/C15H31NO5/c1-2-8-21-9-6-4-3-5-7-16-10-13(18)15(20)14(19)12(16)11-17/h12-15,17-20H,2-11H2,1H3/t12-,13-,14-,15+/m1/s1. The van der Waals surface area contributed by atoms with Crippen molar-refractivity contribution in [2.24, 2.45) is 0 Å². The molecule has 0 spiro atoms. The first kappa shape index (κ1) is 18.8. The van der Waals surface area contributed by atoms with Crippen LogP contribution in [0.4, 0.5) is 0 Å². The van der Waals surface area contributed by atoms with Gasteiger partial charge in [0, 0.05) is 19.8 Å². The lowest BCUT2D eigenvalue weighted by atomic mass is 9.94. The van der Waals surface area contributed by atoms with E-state index in [0.717, 1.165) is 45.3 Å². The Bertz CT molecular complexity index is 266. The van der Waals surface area contributed by atoms with Crippen LogP contribution in [0.5, 0.6) is 0 Å². The summed E-state index contributed by atoms with van der Waals surface area (Å²) in [6.45, 7) is 4.52. The summed E-state index contributed by atoms with van der Waals surface area (Å²) < 4.78 is 5.42. The van der Waals surface area contributed by atoms with Crippen LogP contribution >= 0.6 is 0 Å². The molecule has 1 fully saturated rings. The van der Waals surface area contributed by atoms with Gasteiger partial charge in [-0.25, -0.2) is 0 Å². The second-order valence-electron chi connectivity index (χ2n) is 5.82. The minimum absolute atomic E-state index is 0.212. The number of nitrogens with zero attached hydrogens (tertiary/aromatic N) is 1. The zero-order chi connectivity index (χ0) is 15.7. The first-order valence-corrected chi connectivity index (χ1v) is 8.08. The van der Waals surface area contributed by atoms with E-state index in [4.69, 9.17) is 4.74 Å². The van der Waals surface area contributed by atoms with E-state index in [0.29, 0.717) is 13.1 Å². The minimum atomic E-state index is -1.17. The first-order chi connectivity index (χ1) is 10.1. The number of hydrogen-bond acceptors (Lipinski definition) is 6. The van der Waals surface area contributed by atoms with E-state index in [9.17, 15) is 20.4 Å². The molecule has 0 aliphatic carbocycles. The summed E-state index contributed by atoms with van der Waals surface area (Å²) in [6.07, 6.45) is 1.97. The van der Waals surface area contributed by atoms with Crippen molar-refractivity contribution < 1.29 is 25.2 Å². The summed E-state index contributed by atoms with van der Waals surface area (Å²) in [5.74, 6) is 0. The molecule has 0 bridgehead atoms. The predicted molar refractivity (Wildman–Crippen MR) is 80.0 cm³/mol. The number of aliphatic hydroxyl groups is 4. The molecule has 1 aliphatic rings. The third kappa shape index (κ3) is 6.18. The molecule has 4 N–H and O–H groups in total. The highest BCUT2D eigenvalue weighted by molar-refractivity contribution is 4.93. The molecule has 4 atom stereocenters. The van der Waals surface area contributed by atoms with E-state index in [2.05, 4.69) is 6.92 Å². The zero-order valence-electron chi connectivity index (χ0n) is 13.0. The minimum Gasteiger partial charge on any atom is -0.395 e. The molecule has 0 amide bonds. The van der Waals surface area contributed by atoms with Crippen LogP contribution in [0.25, 0.3) is 0 Å². The van der Waals surface area contributed by atoms with Crippen molar-refractivity contribution in [2.45, 2.75) is 63.4 Å². The van der Waals surface area contributed by atoms with Crippen LogP contribution in [0.1, 0.15) is 39.0 Å². The summed E-state index contributed by atoms with van der Waals surface area (Å²) in [6, 6.07) is -0.490. The fourth-order valence-electron chi connectivity index (χ4n) is 2.75. The Labute approximate surface area is 127 Å². The largest absolute Gasteiger partial charge is 0.395 e. The molecular weight excluding hydrogens is 274 g/mol. The highest BCUT2D eigenvalue weighted by atomic mass is 16.5. The average Bonchev–Trinajstić information content (AvgIpc) is 2.48. The molecule has 0 saturated carbocycles. The molecule has 0 aromatic carbocycles. The molecule has 1 saturated heterocycles. The molecule has 126 valence electrons. The van der Waals surface area contributed by atoms with Gasteiger partial charge in [-0.05, 0) is 25.8 Å². The lowest BCUT2D eigenvalue weighted by Gasteiger charge is -2.43. The fraction of sp³-hybridized carbons (Fsp3) is 1.00. The van der Waals surface area contributed by atoms with Crippen molar-refractivity contribution in [1.29, 1.82) is 0 Å². The van der Waals surface area contributed by atoms with Crippen LogP contribution in [0.15, 0.2) is 0 Å². The molecule has 6 nitrogen and oxygen atoms in total. The van der Waals surface area contributed by atoms with Crippen molar-refractivity contribution >= 4 is 0 Å². The van der Waals surface area contributed by atoms with E-state index < -0.39 is 24.4 Å². The van der Waals surface area contributed by atoms with Crippen molar-refractivity contribution in [2.75, 3.05) is 32.9 Å². The van der Waals surface area contributed by atoms with Crippen LogP contribution < -0.4 is 0 Å². The monoisotopic (exact) mass is 305 g/mol. The van der Waals surface area contributed by atoms with E-state index >= 15 is 0 Å². The highest BCUT2D eigenvalue weighted by Crippen LogP contribution is 2.19. The molecule has 1 rings (SSSR count). The molecule has 0 unspecified atom stereocenters. The molecule has 0 aromatic rings. The van der Waals surface area contributed by atoms with Crippen molar-refractivity contribution in [3.05, 3.63) is 0 Å². The van der Waals surface area contributed by atoms with Gasteiger partial charge < -0.3 is 25.2 Å².